The van der Waals surface area contributed by atoms with Crippen molar-refractivity contribution < 1.29 is 8.83 Å². The van der Waals surface area contributed by atoms with Crippen LogP contribution in [-0.2, 0) is 0 Å². The number of para-hydroxylation sites is 4. The van der Waals surface area contributed by atoms with Gasteiger partial charge in [-0.15, -0.1) is 0 Å². The molecule has 0 unspecified atom stereocenters. The van der Waals surface area contributed by atoms with Gasteiger partial charge in [0.05, 0.1) is 22.7 Å². The summed E-state index contributed by atoms with van der Waals surface area (Å²) in [5, 5.41) is 11.4. The number of hydrogen-bond donors (Lipinski definition) is 0. The molecular weight excluding hydrogens is 841 g/mol. The summed E-state index contributed by atoms with van der Waals surface area (Å²) in [7, 11) is 0. The molecule has 0 amide bonds. The number of benzene rings is 12. The Morgan fingerprint density at radius 1 is 0.290 bits per heavy atom. The first-order valence-corrected chi connectivity index (χ1v) is 23.6. The number of fused-ring (bicyclic) bond motifs is 6. The van der Waals surface area contributed by atoms with Gasteiger partial charge in [-0.25, -0.2) is 0 Å². The predicted octanol–water partition coefficient (Wildman–Crippen LogP) is 19.0. The molecule has 324 valence electrons. The summed E-state index contributed by atoms with van der Waals surface area (Å²) in [6.07, 6.45) is 0. The van der Waals surface area contributed by atoms with E-state index in [0.717, 1.165) is 111 Å². The summed E-state index contributed by atoms with van der Waals surface area (Å²) in [5.41, 5.74) is 15.1. The lowest BCUT2D eigenvalue weighted by molar-refractivity contribution is 0.669. The molecule has 4 heteroatoms. The maximum atomic E-state index is 6.94. The van der Waals surface area contributed by atoms with Crippen molar-refractivity contribution >= 4 is 110 Å². The van der Waals surface area contributed by atoms with Crippen molar-refractivity contribution in [3.8, 4) is 22.3 Å². The summed E-state index contributed by atoms with van der Waals surface area (Å²) in [6.45, 7) is 2.19. The average Bonchev–Trinajstić information content (AvgIpc) is 3.99. The summed E-state index contributed by atoms with van der Waals surface area (Å²) in [6, 6.07) is 85.2. The van der Waals surface area contributed by atoms with Crippen LogP contribution < -0.4 is 9.80 Å². The third-order valence-electron chi connectivity index (χ3n) is 14.0. The summed E-state index contributed by atoms with van der Waals surface area (Å²) < 4.78 is 13.9. The van der Waals surface area contributed by atoms with Crippen molar-refractivity contribution in [3.63, 3.8) is 0 Å². The summed E-state index contributed by atoms with van der Waals surface area (Å²) in [4.78, 5) is 4.86. The second-order valence-corrected chi connectivity index (χ2v) is 18.1. The molecule has 0 spiro atoms. The van der Waals surface area contributed by atoms with Gasteiger partial charge in [-0.3, -0.25) is 0 Å². The van der Waals surface area contributed by atoms with Gasteiger partial charge in [-0.1, -0.05) is 182 Å². The van der Waals surface area contributed by atoms with Crippen molar-refractivity contribution in [3.05, 3.63) is 242 Å². The number of anilines is 6. The van der Waals surface area contributed by atoms with E-state index in [1.54, 1.807) is 0 Å². The van der Waals surface area contributed by atoms with Crippen LogP contribution in [0.3, 0.4) is 0 Å². The van der Waals surface area contributed by atoms with Crippen molar-refractivity contribution in [1.29, 1.82) is 0 Å². The van der Waals surface area contributed by atoms with Gasteiger partial charge in [0.2, 0.25) is 0 Å². The predicted molar refractivity (Wildman–Crippen MR) is 290 cm³/mol. The highest BCUT2D eigenvalue weighted by atomic mass is 16.3. The lowest BCUT2D eigenvalue weighted by Crippen LogP contribution is -2.15. The van der Waals surface area contributed by atoms with E-state index in [1.807, 2.05) is 12.1 Å². The van der Waals surface area contributed by atoms with Crippen LogP contribution in [0.1, 0.15) is 5.56 Å². The first-order valence-electron chi connectivity index (χ1n) is 23.6. The van der Waals surface area contributed by atoms with E-state index in [9.17, 15) is 0 Å². The van der Waals surface area contributed by atoms with E-state index in [1.165, 1.54) is 27.1 Å². The topological polar surface area (TPSA) is 32.8 Å². The Hall–Kier alpha value is -9.12. The molecule has 2 aromatic heterocycles. The van der Waals surface area contributed by atoms with Crippen LogP contribution in [-0.4, -0.2) is 0 Å². The molecule has 0 atom stereocenters. The first-order chi connectivity index (χ1) is 34.1. The number of rotatable bonds is 8. The van der Waals surface area contributed by atoms with Crippen LogP contribution in [0, 0.1) is 6.92 Å². The van der Waals surface area contributed by atoms with Crippen LogP contribution in [0.4, 0.5) is 34.1 Å². The van der Waals surface area contributed by atoms with Gasteiger partial charge in [0, 0.05) is 49.1 Å². The molecule has 0 bridgehead atoms. The normalized spacial score (nSPS) is 11.8. The molecular formula is C65H42N2O2. The lowest BCUT2D eigenvalue weighted by Gasteiger charge is -2.32. The standard InChI is InChI=1S/C65H42N2O2/c1-41-36-46-32-34-54-58(66(48-22-12-20-44(38-48)42-16-4-2-5-17-42)56-28-14-26-52-50-24-8-10-30-60(50)68-64(52)56)40-59(55-35-33-47(37-41)62(46)63(54)55)67(49-23-13-21-45(39-49)43-18-6-3-7-19-43)57-29-15-27-53-51-25-9-11-31-61(51)69-65(53)57/h2-40H,1H3. The van der Waals surface area contributed by atoms with E-state index in [0.29, 0.717) is 0 Å². The molecule has 0 N–H and O–H groups in total. The Bertz CT molecular complexity index is 4010. The maximum absolute atomic E-state index is 6.94. The average molecular weight is 883 g/mol. The minimum absolute atomic E-state index is 0.825. The fourth-order valence-corrected chi connectivity index (χ4v) is 10.9. The third kappa shape index (κ3) is 6.23. The van der Waals surface area contributed by atoms with Gasteiger partial charge in [0.1, 0.15) is 11.2 Å². The van der Waals surface area contributed by atoms with Crippen molar-refractivity contribution in [2.75, 3.05) is 9.80 Å². The fraction of sp³-hybridized carbons (Fsp3) is 0.0154. The minimum atomic E-state index is 0.825. The first kappa shape index (κ1) is 39.1. The number of aryl methyl sites for hydroxylation is 1. The lowest BCUT2D eigenvalue weighted by atomic mass is 9.90. The monoisotopic (exact) mass is 882 g/mol. The van der Waals surface area contributed by atoms with Gasteiger partial charge in [0.25, 0.3) is 0 Å². The van der Waals surface area contributed by atoms with Crippen LogP contribution in [0.15, 0.2) is 245 Å². The van der Waals surface area contributed by atoms with E-state index >= 15 is 0 Å². The zero-order chi connectivity index (χ0) is 45.6. The van der Waals surface area contributed by atoms with Crippen LogP contribution in [0.25, 0.3) is 98.4 Å². The van der Waals surface area contributed by atoms with Crippen molar-refractivity contribution in [2.24, 2.45) is 0 Å². The van der Waals surface area contributed by atoms with Crippen LogP contribution in [0.5, 0.6) is 0 Å². The number of furan rings is 2. The second-order valence-electron chi connectivity index (χ2n) is 18.1. The van der Waals surface area contributed by atoms with Crippen LogP contribution >= 0.6 is 0 Å². The zero-order valence-electron chi connectivity index (χ0n) is 37.7. The third-order valence-corrected chi connectivity index (χ3v) is 14.0. The Balaban J connectivity index is 1.14. The molecule has 12 aromatic carbocycles. The fourth-order valence-electron chi connectivity index (χ4n) is 10.9. The quantitative estimate of drug-likeness (QED) is 0.142. The molecule has 0 saturated heterocycles. The zero-order valence-corrected chi connectivity index (χ0v) is 37.7. The highest BCUT2D eigenvalue weighted by Gasteiger charge is 2.28. The van der Waals surface area contributed by atoms with E-state index in [-0.39, 0.29) is 0 Å². The molecule has 0 aliphatic heterocycles. The molecule has 2 heterocycles. The van der Waals surface area contributed by atoms with Gasteiger partial charge >= 0.3 is 0 Å². The molecule has 14 rings (SSSR count). The smallest absolute Gasteiger partial charge is 0.159 e. The van der Waals surface area contributed by atoms with Crippen molar-refractivity contribution in [2.45, 2.75) is 6.92 Å². The highest BCUT2D eigenvalue weighted by molar-refractivity contribution is 6.29. The molecule has 0 saturated carbocycles. The van der Waals surface area contributed by atoms with Gasteiger partial charge in [0.15, 0.2) is 11.2 Å². The minimum Gasteiger partial charge on any atom is -0.454 e. The molecule has 0 aliphatic carbocycles. The Kier molecular flexibility index (Phi) is 8.77. The largest absolute Gasteiger partial charge is 0.454 e. The number of hydrogen-bond acceptors (Lipinski definition) is 4. The van der Waals surface area contributed by atoms with Crippen molar-refractivity contribution in [1.82, 2.24) is 0 Å². The maximum Gasteiger partial charge on any atom is 0.159 e. The molecule has 0 fully saturated rings. The van der Waals surface area contributed by atoms with Gasteiger partial charge < -0.3 is 18.6 Å². The van der Waals surface area contributed by atoms with E-state index in [4.69, 9.17) is 8.83 Å². The Morgan fingerprint density at radius 2 is 0.710 bits per heavy atom. The van der Waals surface area contributed by atoms with Gasteiger partial charge in [-0.2, -0.15) is 0 Å². The molecule has 0 aliphatic rings. The number of nitrogens with zero attached hydrogens (tertiary/aromatic N) is 2. The van der Waals surface area contributed by atoms with E-state index < -0.39 is 0 Å². The molecule has 69 heavy (non-hydrogen) atoms. The highest BCUT2D eigenvalue weighted by Crippen LogP contribution is 2.53. The Morgan fingerprint density at radius 3 is 1.20 bits per heavy atom. The van der Waals surface area contributed by atoms with Gasteiger partial charge in [-0.05, 0) is 105 Å². The van der Waals surface area contributed by atoms with E-state index in [2.05, 4.69) is 241 Å². The molecule has 14 aromatic rings. The molecule has 0 radical (unpaired) electrons. The van der Waals surface area contributed by atoms with Crippen LogP contribution in [0.2, 0.25) is 0 Å². The molecule has 4 nitrogen and oxygen atoms in total. The summed E-state index contributed by atoms with van der Waals surface area (Å²) >= 11 is 0. The second kappa shape index (κ2) is 15.5. The Labute approximate surface area is 398 Å². The SMILES string of the molecule is Cc1cc2ccc3c(N(c4cccc(-c5ccccc5)c4)c4cccc5c4oc4ccccc45)cc(N(c4cccc(-c5ccccc5)c4)c4cccc5c4oc4ccccc45)c4ccc(c1)c2c34. The summed E-state index contributed by atoms with van der Waals surface area (Å²) in [5.74, 6) is 0.